The average molecular weight is 624 g/mol. The van der Waals surface area contributed by atoms with Crippen molar-refractivity contribution in [2.45, 2.75) is 71.6 Å². The molecule has 2 aromatic carbocycles. The molecular weight excluding hydrogens is 596 g/mol. The second-order valence-corrected chi connectivity index (χ2v) is 13.2. The molecule has 4 heteroatoms. The zero-order valence-electron chi connectivity index (χ0n) is 17.3. The van der Waals surface area contributed by atoms with E-state index in [-0.39, 0.29) is 16.2 Å². The molecule has 0 N–H and O–H groups in total. The summed E-state index contributed by atoms with van der Waals surface area (Å²) in [5, 5.41) is 0. The number of benzene rings is 2. The third kappa shape index (κ3) is 4.92. The maximum absolute atomic E-state index is 3.82. The Labute approximate surface area is 198 Å². The van der Waals surface area contributed by atoms with Crippen LogP contribution in [0.15, 0.2) is 42.2 Å². The van der Waals surface area contributed by atoms with Gasteiger partial charge in [0, 0.05) is 23.3 Å². The third-order valence-electron chi connectivity index (χ3n) is 5.03. The van der Waals surface area contributed by atoms with Gasteiger partial charge in [0.05, 0.1) is 0 Å². The molecule has 0 nitrogen and oxygen atoms in total. The van der Waals surface area contributed by atoms with Gasteiger partial charge < -0.3 is 0 Å². The van der Waals surface area contributed by atoms with Crippen molar-refractivity contribution in [3.8, 4) is 0 Å². The molecule has 0 unspecified atom stereocenters. The van der Waals surface area contributed by atoms with Gasteiger partial charge in [0.1, 0.15) is 0 Å². The molecule has 0 saturated heterocycles. The second kappa shape index (κ2) is 7.89. The van der Waals surface area contributed by atoms with E-state index >= 15 is 0 Å². The van der Waals surface area contributed by atoms with E-state index in [9.17, 15) is 0 Å². The van der Waals surface area contributed by atoms with E-state index in [1.165, 1.54) is 22.3 Å². The van der Waals surface area contributed by atoms with E-state index in [0.717, 1.165) is 17.9 Å². The molecule has 0 spiro atoms. The molecule has 27 heavy (non-hydrogen) atoms. The van der Waals surface area contributed by atoms with Crippen molar-refractivity contribution in [3.05, 3.63) is 64.4 Å². The number of halogens is 4. The van der Waals surface area contributed by atoms with Crippen LogP contribution in [0.2, 0.25) is 0 Å². The molecule has 2 aromatic rings. The molecule has 0 heterocycles. The van der Waals surface area contributed by atoms with Crippen LogP contribution in [0.5, 0.6) is 0 Å². The first-order valence-corrected chi connectivity index (χ1v) is 12.2. The third-order valence-corrected chi connectivity index (χ3v) is 7.53. The lowest BCUT2D eigenvalue weighted by molar-refractivity contribution is 0.576. The molecule has 0 aromatic heterocycles. The van der Waals surface area contributed by atoms with Gasteiger partial charge in [0.25, 0.3) is 0 Å². The highest BCUT2D eigenvalue weighted by Crippen LogP contribution is 2.44. The predicted molar refractivity (Wildman–Crippen MR) is 133 cm³/mol. The monoisotopic (exact) mass is 620 g/mol. The van der Waals surface area contributed by atoms with Gasteiger partial charge in [-0.1, -0.05) is 119 Å². The van der Waals surface area contributed by atoms with Crippen molar-refractivity contribution in [1.29, 1.82) is 0 Å². The summed E-state index contributed by atoms with van der Waals surface area (Å²) in [7, 11) is 0. The van der Waals surface area contributed by atoms with Crippen LogP contribution in [0.25, 0.3) is 0 Å². The largest absolute Gasteiger partial charge is 0.0560 e. The molecule has 0 aliphatic heterocycles. The lowest BCUT2D eigenvalue weighted by atomic mass is 9.75. The normalized spacial score (nSPS) is 13.2. The summed E-state index contributed by atoms with van der Waals surface area (Å²) in [5.41, 5.74) is 5.15. The van der Waals surface area contributed by atoms with Crippen molar-refractivity contribution < 1.29 is 0 Å². The van der Waals surface area contributed by atoms with Crippen LogP contribution in [0.3, 0.4) is 0 Å². The van der Waals surface area contributed by atoms with E-state index in [1.807, 2.05) is 0 Å². The van der Waals surface area contributed by atoms with Crippen molar-refractivity contribution >= 4 is 63.7 Å². The molecule has 0 fully saturated rings. The Bertz CT molecular complexity index is 747. The van der Waals surface area contributed by atoms with Gasteiger partial charge in [0.2, 0.25) is 0 Å². The van der Waals surface area contributed by atoms with Crippen molar-refractivity contribution in [2.24, 2.45) is 0 Å². The fraction of sp³-hybridized carbons (Fsp3) is 0.478. The average Bonchev–Trinajstić information content (AvgIpc) is 2.42. The molecule has 0 amide bonds. The predicted octanol–water partition coefficient (Wildman–Crippen LogP) is 9.66. The van der Waals surface area contributed by atoms with Gasteiger partial charge in [-0.3, -0.25) is 0 Å². The standard InChI is InChI=1S/C23H28Br4/c1-21(2,3)19-15(24)9-13(10-16(19)25)23(7,8)14-11-17(26)20(18(27)12-14)22(4,5)6/h9-12H,1-8H3. The fourth-order valence-electron chi connectivity index (χ4n) is 3.47. The van der Waals surface area contributed by atoms with Gasteiger partial charge in [0.15, 0.2) is 0 Å². The number of rotatable bonds is 2. The topological polar surface area (TPSA) is 0 Å². The minimum atomic E-state index is -0.136. The van der Waals surface area contributed by atoms with E-state index in [2.05, 4.69) is 143 Å². The van der Waals surface area contributed by atoms with Gasteiger partial charge >= 0.3 is 0 Å². The smallest absolute Gasteiger partial charge is 0.0226 e. The Kier molecular flexibility index (Phi) is 6.91. The van der Waals surface area contributed by atoms with E-state index in [1.54, 1.807) is 0 Å². The number of hydrogen-bond donors (Lipinski definition) is 0. The molecule has 0 aliphatic rings. The van der Waals surface area contributed by atoms with Gasteiger partial charge in [-0.2, -0.15) is 0 Å². The Morgan fingerprint density at radius 2 is 0.704 bits per heavy atom. The van der Waals surface area contributed by atoms with Crippen LogP contribution in [0, 0.1) is 0 Å². The van der Waals surface area contributed by atoms with Crippen molar-refractivity contribution in [2.75, 3.05) is 0 Å². The fourth-order valence-corrected chi connectivity index (χ4v) is 8.22. The van der Waals surface area contributed by atoms with Gasteiger partial charge in [-0.15, -0.1) is 0 Å². The quantitative estimate of drug-likeness (QED) is 0.312. The van der Waals surface area contributed by atoms with Crippen molar-refractivity contribution in [3.63, 3.8) is 0 Å². The minimum absolute atomic E-state index is 0.0702. The molecule has 0 radical (unpaired) electrons. The summed E-state index contributed by atoms with van der Waals surface area (Å²) in [4.78, 5) is 0. The van der Waals surface area contributed by atoms with Gasteiger partial charge in [-0.25, -0.2) is 0 Å². The SMILES string of the molecule is CC(C)(C)c1c(Br)cc(C(C)(C)c2cc(Br)c(C(C)(C)C)c(Br)c2)cc1Br. The Hall–Kier alpha value is 0.360. The minimum Gasteiger partial charge on any atom is -0.0560 e. The first kappa shape index (κ1) is 23.6. The summed E-state index contributed by atoms with van der Waals surface area (Å²) in [6.45, 7) is 18.0. The molecule has 2 rings (SSSR count). The van der Waals surface area contributed by atoms with E-state index in [4.69, 9.17) is 0 Å². The molecule has 148 valence electrons. The van der Waals surface area contributed by atoms with Crippen molar-refractivity contribution in [1.82, 2.24) is 0 Å². The maximum atomic E-state index is 3.82. The Morgan fingerprint density at radius 1 is 0.481 bits per heavy atom. The maximum Gasteiger partial charge on any atom is 0.0226 e. The van der Waals surface area contributed by atoms with Crippen LogP contribution in [0.4, 0.5) is 0 Å². The molecule has 0 aliphatic carbocycles. The zero-order chi connectivity index (χ0) is 20.9. The van der Waals surface area contributed by atoms with Crippen LogP contribution < -0.4 is 0 Å². The Balaban J connectivity index is 2.64. The molecular formula is C23H28Br4. The highest BCUT2D eigenvalue weighted by molar-refractivity contribution is 9.11. The van der Waals surface area contributed by atoms with Crippen LogP contribution in [-0.2, 0) is 16.2 Å². The summed E-state index contributed by atoms with van der Waals surface area (Å²) in [6, 6.07) is 9.07. The highest BCUT2D eigenvalue weighted by atomic mass is 79.9. The van der Waals surface area contributed by atoms with E-state index < -0.39 is 0 Å². The Morgan fingerprint density at radius 3 is 0.889 bits per heavy atom. The number of hydrogen-bond acceptors (Lipinski definition) is 0. The summed E-state index contributed by atoms with van der Waals surface area (Å²) < 4.78 is 4.60. The van der Waals surface area contributed by atoms with Crippen LogP contribution >= 0.6 is 63.7 Å². The molecule has 0 bridgehead atoms. The summed E-state index contributed by atoms with van der Waals surface area (Å²) in [5.74, 6) is 0. The first-order chi connectivity index (χ1) is 12.1. The lowest BCUT2D eigenvalue weighted by Crippen LogP contribution is -2.22. The highest BCUT2D eigenvalue weighted by Gasteiger charge is 2.30. The van der Waals surface area contributed by atoms with E-state index in [0.29, 0.717) is 0 Å². The van der Waals surface area contributed by atoms with Crippen LogP contribution in [0.1, 0.15) is 77.6 Å². The zero-order valence-corrected chi connectivity index (χ0v) is 23.7. The van der Waals surface area contributed by atoms with Crippen LogP contribution in [-0.4, -0.2) is 0 Å². The summed E-state index contributed by atoms with van der Waals surface area (Å²) >= 11 is 15.3. The molecule has 0 atom stereocenters. The molecule has 0 saturated carbocycles. The second-order valence-electron chi connectivity index (χ2n) is 9.75. The summed E-state index contributed by atoms with van der Waals surface area (Å²) in [6.07, 6.45) is 0. The van der Waals surface area contributed by atoms with Gasteiger partial charge in [-0.05, 0) is 57.3 Å². The first-order valence-electron chi connectivity index (χ1n) is 9.07. The lowest BCUT2D eigenvalue weighted by Gasteiger charge is -2.31.